The van der Waals surface area contributed by atoms with Crippen LogP contribution < -0.4 is 24.8 Å². The zero-order valence-electron chi connectivity index (χ0n) is 27.9. The lowest BCUT2D eigenvalue weighted by Crippen LogP contribution is -2.57. The molecule has 1 unspecified atom stereocenters. The van der Waals surface area contributed by atoms with E-state index in [2.05, 4.69) is 15.6 Å². The van der Waals surface area contributed by atoms with Gasteiger partial charge in [0.15, 0.2) is 11.5 Å². The van der Waals surface area contributed by atoms with Gasteiger partial charge in [0.05, 0.1) is 39.5 Å². The lowest BCUT2D eigenvalue weighted by Gasteiger charge is -2.38. The standard InChI is InChI=1S/C40H40N4O5/c1-47-35-24-29(25-36(48-2)38(35)49-3)33-23-28(19-20-41-33)27-44-22-21-42-34(39(44)46)26-37(45)43-40(30-13-7-4-8-14-30,31-15-9-5-10-16-31)32-17-11-6-12-18-32/h4-20,23-25,34,42H,21-22,26-27H2,1-3H3,(H,43,45). The molecular formula is C40H40N4O5. The van der Waals surface area contributed by atoms with Gasteiger partial charge in [-0.05, 0) is 46.5 Å². The van der Waals surface area contributed by atoms with Gasteiger partial charge in [-0.1, -0.05) is 91.0 Å². The van der Waals surface area contributed by atoms with Crippen LogP contribution in [0.15, 0.2) is 121 Å². The minimum absolute atomic E-state index is 0.0172. The molecule has 0 radical (unpaired) electrons. The summed E-state index contributed by atoms with van der Waals surface area (Å²) in [5, 5.41) is 6.67. The number of ether oxygens (including phenoxy) is 3. The molecule has 0 saturated carbocycles. The molecule has 2 heterocycles. The number of nitrogens with one attached hydrogen (secondary N) is 2. The second-order valence-corrected chi connectivity index (χ2v) is 11.8. The lowest BCUT2D eigenvalue weighted by atomic mass is 9.77. The van der Waals surface area contributed by atoms with Crippen molar-refractivity contribution in [1.82, 2.24) is 20.5 Å². The van der Waals surface area contributed by atoms with Gasteiger partial charge < -0.3 is 29.7 Å². The first-order valence-electron chi connectivity index (χ1n) is 16.2. The molecule has 1 saturated heterocycles. The first-order valence-corrected chi connectivity index (χ1v) is 16.2. The van der Waals surface area contributed by atoms with Crippen LogP contribution in [0.4, 0.5) is 0 Å². The number of benzene rings is 4. The van der Waals surface area contributed by atoms with E-state index >= 15 is 0 Å². The quantitative estimate of drug-likeness (QED) is 0.169. The highest BCUT2D eigenvalue weighted by Gasteiger charge is 2.39. The Morgan fingerprint density at radius 1 is 0.816 bits per heavy atom. The van der Waals surface area contributed by atoms with Crippen LogP contribution in [0.2, 0.25) is 0 Å². The fourth-order valence-electron chi connectivity index (χ4n) is 6.51. The topological polar surface area (TPSA) is 102 Å². The van der Waals surface area contributed by atoms with Crippen LogP contribution in [0.25, 0.3) is 11.3 Å². The smallest absolute Gasteiger partial charge is 0.240 e. The Kier molecular flexibility index (Phi) is 10.2. The summed E-state index contributed by atoms with van der Waals surface area (Å²) in [6, 6.07) is 36.7. The molecule has 1 atom stereocenters. The number of piperazine rings is 1. The molecule has 1 aliphatic rings. The minimum atomic E-state index is -0.960. The van der Waals surface area contributed by atoms with E-state index in [4.69, 9.17) is 14.2 Å². The number of carbonyl (C=O) groups excluding carboxylic acids is 2. The zero-order chi connectivity index (χ0) is 34.2. The number of hydrogen-bond acceptors (Lipinski definition) is 7. The van der Waals surface area contributed by atoms with Gasteiger partial charge in [0, 0.05) is 31.4 Å². The van der Waals surface area contributed by atoms with Crippen LogP contribution in [0.3, 0.4) is 0 Å². The second-order valence-electron chi connectivity index (χ2n) is 11.8. The highest BCUT2D eigenvalue weighted by atomic mass is 16.5. The van der Waals surface area contributed by atoms with E-state index in [0.29, 0.717) is 42.6 Å². The van der Waals surface area contributed by atoms with E-state index in [9.17, 15) is 9.59 Å². The number of methoxy groups -OCH3 is 3. The molecule has 9 heteroatoms. The Morgan fingerprint density at radius 2 is 1.37 bits per heavy atom. The molecule has 1 aromatic heterocycles. The van der Waals surface area contributed by atoms with Gasteiger partial charge in [0.2, 0.25) is 17.6 Å². The van der Waals surface area contributed by atoms with E-state index in [1.165, 1.54) is 0 Å². The predicted octanol–water partition coefficient (Wildman–Crippen LogP) is 5.57. The van der Waals surface area contributed by atoms with Crippen LogP contribution in [0, 0.1) is 0 Å². The van der Waals surface area contributed by atoms with Crippen molar-refractivity contribution in [3.8, 4) is 28.5 Å². The molecule has 250 valence electrons. The molecule has 2 amide bonds. The summed E-state index contributed by atoms with van der Waals surface area (Å²) in [7, 11) is 4.71. The van der Waals surface area contributed by atoms with Crippen LogP contribution >= 0.6 is 0 Å². The molecule has 6 rings (SSSR count). The monoisotopic (exact) mass is 656 g/mol. The molecule has 0 aliphatic carbocycles. The van der Waals surface area contributed by atoms with Crippen molar-refractivity contribution in [3.05, 3.63) is 144 Å². The fraction of sp³-hybridized carbons (Fsp3) is 0.225. The van der Waals surface area contributed by atoms with Gasteiger partial charge in [-0.2, -0.15) is 0 Å². The molecule has 0 spiro atoms. The summed E-state index contributed by atoms with van der Waals surface area (Å²) in [6.45, 7) is 1.46. The van der Waals surface area contributed by atoms with Crippen LogP contribution in [0.5, 0.6) is 17.2 Å². The molecule has 0 bridgehead atoms. The van der Waals surface area contributed by atoms with Gasteiger partial charge in [0.25, 0.3) is 0 Å². The third kappa shape index (κ3) is 6.98. The largest absolute Gasteiger partial charge is 0.493 e. The highest BCUT2D eigenvalue weighted by Crippen LogP contribution is 2.41. The van der Waals surface area contributed by atoms with Gasteiger partial charge >= 0.3 is 0 Å². The van der Waals surface area contributed by atoms with E-state index in [1.54, 1.807) is 32.4 Å². The van der Waals surface area contributed by atoms with Gasteiger partial charge in [0.1, 0.15) is 5.54 Å². The van der Waals surface area contributed by atoms with Crippen molar-refractivity contribution < 1.29 is 23.8 Å². The number of pyridine rings is 1. The Balaban J connectivity index is 1.22. The molecular weight excluding hydrogens is 616 g/mol. The maximum Gasteiger partial charge on any atom is 0.240 e. The average Bonchev–Trinajstić information content (AvgIpc) is 3.16. The average molecular weight is 657 g/mol. The second kappa shape index (κ2) is 15.0. The SMILES string of the molecule is COc1cc(-c2cc(CN3CCNC(CC(=O)NC(c4ccccc4)(c4ccccc4)c4ccccc4)C3=O)ccn2)cc(OC)c1OC. The number of rotatable bonds is 12. The van der Waals surface area contributed by atoms with Crippen molar-refractivity contribution in [2.45, 2.75) is 24.5 Å². The van der Waals surface area contributed by atoms with E-state index < -0.39 is 11.6 Å². The normalized spacial score (nSPS) is 14.6. The summed E-state index contributed by atoms with van der Waals surface area (Å²) in [5.74, 6) is 1.19. The first kappa shape index (κ1) is 33.2. The van der Waals surface area contributed by atoms with Crippen molar-refractivity contribution in [1.29, 1.82) is 0 Å². The third-order valence-electron chi connectivity index (χ3n) is 8.88. The number of hydrogen-bond donors (Lipinski definition) is 2. The highest BCUT2D eigenvalue weighted by molar-refractivity contribution is 5.89. The van der Waals surface area contributed by atoms with Gasteiger partial charge in [-0.15, -0.1) is 0 Å². The van der Waals surface area contributed by atoms with Crippen molar-refractivity contribution in [2.24, 2.45) is 0 Å². The Bertz CT molecular complexity index is 1760. The zero-order valence-corrected chi connectivity index (χ0v) is 27.9. The minimum Gasteiger partial charge on any atom is -0.493 e. The van der Waals surface area contributed by atoms with Gasteiger partial charge in [-0.25, -0.2) is 0 Å². The van der Waals surface area contributed by atoms with Crippen molar-refractivity contribution >= 4 is 11.8 Å². The molecule has 1 aliphatic heterocycles. The van der Waals surface area contributed by atoms with Crippen LogP contribution in [0.1, 0.15) is 28.7 Å². The lowest BCUT2D eigenvalue weighted by molar-refractivity contribution is -0.139. The maximum absolute atomic E-state index is 14.0. The summed E-state index contributed by atoms with van der Waals surface area (Å²) in [5.41, 5.74) is 4.21. The molecule has 2 N–H and O–H groups in total. The number of aromatic nitrogens is 1. The fourth-order valence-corrected chi connectivity index (χ4v) is 6.51. The van der Waals surface area contributed by atoms with Crippen LogP contribution in [-0.2, 0) is 21.7 Å². The molecule has 1 fully saturated rings. The molecule has 5 aromatic rings. The summed E-state index contributed by atoms with van der Waals surface area (Å²) in [4.78, 5) is 34.3. The Morgan fingerprint density at radius 3 is 1.88 bits per heavy atom. The Hall–Kier alpha value is -5.67. The summed E-state index contributed by atoms with van der Waals surface area (Å²) >= 11 is 0. The number of nitrogens with zero attached hydrogens (tertiary/aromatic N) is 2. The van der Waals surface area contributed by atoms with Crippen LogP contribution in [-0.4, -0.2) is 62.2 Å². The number of amides is 2. The molecule has 4 aromatic carbocycles. The Labute approximate surface area is 286 Å². The molecule has 49 heavy (non-hydrogen) atoms. The number of carbonyl (C=O) groups is 2. The summed E-state index contributed by atoms with van der Waals surface area (Å²) < 4.78 is 16.5. The van der Waals surface area contributed by atoms with Crippen molar-refractivity contribution in [3.63, 3.8) is 0 Å². The summed E-state index contributed by atoms with van der Waals surface area (Å²) in [6.07, 6.45) is 1.71. The van der Waals surface area contributed by atoms with Gasteiger partial charge in [-0.3, -0.25) is 14.6 Å². The third-order valence-corrected chi connectivity index (χ3v) is 8.88. The first-order chi connectivity index (χ1) is 24.0. The van der Waals surface area contributed by atoms with Crippen molar-refractivity contribution in [2.75, 3.05) is 34.4 Å². The maximum atomic E-state index is 14.0. The predicted molar refractivity (Wildman–Crippen MR) is 189 cm³/mol. The van der Waals surface area contributed by atoms with E-state index in [0.717, 1.165) is 27.8 Å². The van der Waals surface area contributed by atoms with E-state index in [1.807, 2.05) is 115 Å². The van der Waals surface area contributed by atoms with E-state index in [-0.39, 0.29) is 18.2 Å². The molecule has 9 nitrogen and oxygen atoms in total.